The van der Waals surface area contributed by atoms with Gasteiger partial charge in [-0.05, 0) is 72.5 Å². The fraction of sp³-hybridized carbons (Fsp3) is 0.231. The first kappa shape index (κ1) is 22.7. The Morgan fingerprint density at radius 2 is 1.64 bits per heavy atom. The van der Waals surface area contributed by atoms with Crippen LogP contribution < -0.4 is 15.4 Å². The van der Waals surface area contributed by atoms with E-state index < -0.39 is 0 Å². The fourth-order valence-electron chi connectivity index (χ4n) is 3.90. The van der Waals surface area contributed by atoms with Gasteiger partial charge in [0.2, 0.25) is 0 Å². The second-order valence-electron chi connectivity index (χ2n) is 7.98. The number of halogens is 1. The number of hydrogen-bond acceptors (Lipinski definition) is 3. The molecule has 1 aliphatic heterocycles. The number of carbonyl (C=O) groups is 2. The van der Waals surface area contributed by atoms with Gasteiger partial charge in [-0.3, -0.25) is 4.79 Å². The molecule has 6 nitrogen and oxygen atoms in total. The Morgan fingerprint density at radius 3 is 2.30 bits per heavy atom. The molecule has 3 aromatic carbocycles. The van der Waals surface area contributed by atoms with Gasteiger partial charge in [0.1, 0.15) is 5.75 Å². The lowest BCUT2D eigenvalue weighted by Crippen LogP contribution is -2.47. The van der Waals surface area contributed by atoms with Crippen molar-refractivity contribution in [2.24, 2.45) is 0 Å². The monoisotopic (exact) mass is 463 g/mol. The number of ether oxygens (including phenoxy) is 1. The number of likely N-dealkylation sites (tertiary alicyclic amines) is 1. The van der Waals surface area contributed by atoms with Crippen molar-refractivity contribution in [3.63, 3.8) is 0 Å². The lowest BCUT2D eigenvalue weighted by Gasteiger charge is -2.32. The summed E-state index contributed by atoms with van der Waals surface area (Å²) in [7, 11) is 1.64. The molecule has 3 amide bonds. The maximum absolute atomic E-state index is 12.9. The van der Waals surface area contributed by atoms with Crippen molar-refractivity contribution in [1.82, 2.24) is 10.2 Å². The highest BCUT2D eigenvalue weighted by atomic mass is 35.5. The van der Waals surface area contributed by atoms with Gasteiger partial charge in [0.15, 0.2) is 0 Å². The van der Waals surface area contributed by atoms with E-state index in [0.29, 0.717) is 42.2 Å². The standard InChI is InChI=1S/C26H26ClN3O3/c1-33-24-4-2-3-20(17-24)18-5-7-19(8-6-18)25(31)30-15-13-23(14-16-30)29-26(32)28-22-11-9-21(27)10-12-22/h2-12,17,23H,13-16H2,1H3,(H2,28,29,32). The Morgan fingerprint density at radius 1 is 0.939 bits per heavy atom. The minimum absolute atomic E-state index is 0.0104. The Balaban J connectivity index is 1.29. The third-order valence-electron chi connectivity index (χ3n) is 5.75. The Bertz CT molecular complexity index is 1110. The molecule has 0 saturated carbocycles. The molecule has 1 aliphatic rings. The van der Waals surface area contributed by atoms with Gasteiger partial charge >= 0.3 is 6.03 Å². The van der Waals surface area contributed by atoms with E-state index in [1.807, 2.05) is 53.4 Å². The van der Waals surface area contributed by atoms with Gasteiger partial charge in [0, 0.05) is 35.4 Å². The molecule has 170 valence electrons. The van der Waals surface area contributed by atoms with E-state index in [1.165, 1.54) is 0 Å². The average Bonchev–Trinajstić information content (AvgIpc) is 2.85. The molecule has 0 aromatic heterocycles. The van der Waals surface area contributed by atoms with Gasteiger partial charge in [-0.15, -0.1) is 0 Å². The van der Waals surface area contributed by atoms with E-state index in [1.54, 1.807) is 31.4 Å². The van der Waals surface area contributed by atoms with Crippen LogP contribution in [0.5, 0.6) is 5.75 Å². The van der Waals surface area contributed by atoms with Crippen LogP contribution in [0.3, 0.4) is 0 Å². The van der Waals surface area contributed by atoms with Gasteiger partial charge in [0.25, 0.3) is 5.91 Å². The van der Waals surface area contributed by atoms with Crippen LogP contribution in [0.1, 0.15) is 23.2 Å². The first-order valence-electron chi connectivity index (χ1n) is 10.9. The molecule has 0 aliphatic carbocycles. The quantitative estimate of drug-likeness (QED) is 0.529. The Kier molecular flexibility index (Phi) is 7.15. The number of urea groups is 1. The number of methoxy groups -OCH3 is 1. The molecular weight excluding hydrogens is 438 g/mol. The summed E-state index contributed by atoms with van der Waals surface area (Å²) in [6, 6.07) is 22.2. The van der Waals surface area contributed by atoms with Crippen LogP contribution in [0.25, 0.3) is 11.1 Å². The van der Waals surface area contributed by atoms with E-state index >= 15 is 0 Å². The molecule has 3 aromatic rings. The van der Waals surface area contributed by atoms with E-state index in [2.05, 4.69) is 10.6 Å². The van der Waals surface area contributed by atoms with E-state index in [4.69, 9.17) is 16.3 Å². The van der Waals surface area contributed by atoms with Crippen molar-refractivity contribution < 1.29 is 14.3 Å². The molecule has 0 bridgehead atoms. The van der Waals surface area contributed by atoms with Crippen molar-refractivity contribution in [3.8, 4) is 16.9 Å². The number of piperidine rings is 1. The number of nitrogens with zero attached hydrogens (tertiary/aromatic N) is 1. The highest BCUT2D eigenvalue weighted by Gasteiger charge is 2.24. The normalized spacial score (nSPS) is 13.9. The third kappa shape index (κ3) is 5.84. The molecule has 0 unspecified atom stereocenters. The summed E-state index contributed by atoms with van der Waals surface area (Å²) >= 11 is 5.87. The van der Waals surface area contributed by atoms with E-state index in [-0.39, 0.29) is 18.0 Å². The molecule has 33 heavy (non-hydrogen) atoms. The molecule has 1 saturated heterocycles. The largest absolute Gasteiger partial charge is 0.497 e. The molecular formula is C26H26ClN3O3. The van der Waals surface area contributed by atoms with Gasteiger partial charge < -0.3 is 20.3 Å². The molecule has 4 rings (SSSR count). The summed E-state index contributed by atoms with van der Waals surface area (Å²) in [5, 5.41) is 6.41. The smallest absolute Gasteiger partial charge is 0.319 e. The minimum Gasteiger partial charge on any atom is -0.497 e. The number of hydrogen-bond donors (Lipinski definition) is 2. The highest BCUT2D eigenvalue weighted by molar-refractivity contribution is 6.30. The Labute approximate surface area is 198 Å². The average molecular weight is 464 g/mol. The maximum atomic E-state index is 12.9. The van der Waals surface area contributed by atoms with Crippen LogP contribution in [-0.2, 0) is 0 Å². The molecule has 0 radical (unpaired) electrons. The minimum atomic E-state index is -0.254. The SMILES string of the molecule is COc1cccc(-c2ccc(C(=O)N3CCC(NC(=O)Nc4ccc(Cl)cc4)CC3)cc2)c1. The number of benzene rings is 3. The van der Waals surface area contributed by atoms with Crippen LogP contribution in [0.2, 0.25) is 5.02 Å². The maximum Gasteiger partial charge on any atom is 0.319 e. The van der Waals surface area contributed by atoms with Gasteiger partial charge in [-0.25, -0.2) is 4.79 Å². The number of rotatable bonds is 5. The highest BCUT2D eigenvalue weighted by Crippen LogP contribution is 2.25. The lowest BCUT2D eigenvalue weighted by atomic mass is 10.0. The number of carbonyl (C=O) groups excluding carboxylic acids is 2. The summed E-state index contributed by atoms with van der Waals surface area (Å²) in [4.78, 5) is 27.0. The van der Waals surface area contributed by atoms with Crippen molar-refractivity contribution in [3.05, 3.63) is 83.4 Å². The summed E-state index contributed by atoms with van der Waals surface area (Å²) in [6.45, 7) is 1.20. The fourth-order valence-corrected chi connectivity index (χ4v) is 4.03. The van der Waals surface area contributed by atoms with Gasteiger partial charge in [-0.1, -0.05) is 35.9 Å². The molecule has 7 heteroatoms. The van der Waals surface area contributed by atoms with Crippen molar-refractivity contribution >= 4 is 29.2 Å². The first-order valence-corrected chi connectivity index (χ1v) is 11.3. The zero-order chi connectivity index (χ0) is 23.2. The molecule has 0 atom stereocenters. The number of anilines is 1. The topological polar surface area (TPSA) is 70.7 Å². The van der Waals surface area contributed by atoms with E-state index in [9.17, 15) is 9.59 Å². The van der Waals surface area contributed by atoms with Crippen LogP contribution in [0.4, 0.5) is 10.5 Å². The zero-order valence-corrected chi connectivity index (χ0v) is 19.1. The summed E-state index contributed by atoms with van der Waals surface area (Å²) in [6.07, 6.45) is 1.42. The van der Waals surface area contributed by atoms with Crippen LogP contribution in [0.15, 0.2) is 72.8 Å². The second-order valence-corrected chi connectivity index (χ2v) is 8.42. The molecule has 1 heterocycles. The van der Waals surface area contributed by atoms with Gasteiger partial charge in [0.05, 0.1) is 7.11 Å². The summed E-state index contributed by atoms with van der Waals surface area (Å²) in [5.74, 6) is 0.808. The van der Waals surface area contributed by atoms with Crippen molar-refractivity contribution in [2.45, 2.75) is 18.9 Å². The van der Waals surface area contributed by atoms with Crippen molar-refractivity contribution in [1.29, 1.82) is 0 Å². The molecule has 2 N–H and O–H groups in total. The Hall–Kier alpha value is -3.51. The summed E-state index contributed by atoms with van der Waals surface area (Å²) in [5.41, 5.74) is 3.41. The molecule has 0 spiro atoms. The predicted octanol–water partition coefficient (Wildman–Crippen LogP) is 5.44. The molecule has 1 fully saturated rings. The third-order valence-corrected chi connectivity index (χ3v) is 6.01. The second kappa shape index (κ2) is 10.4. The van der Waals surface area contributed by atoms with Crippen LogP contribution in [0, 0.1) is 0 Å². The van der Waals surface area contributed by atoms with Crippen molar-refractivity contribution in [2.75, 3.05) is 25.5 Å². The summed E-state index contributed by atoms with van der Waals surface area (Å²) < 4.78 is 5.29. The van der Waals surface area contributed by atoms with Crippen LogP contribution >= 0.6 is 11.6 Å². The lowest BCUT2D eigenvalue weighted by molar-refractivity contribution is 0.0709. The number of nitrogens with one attached hydrogen (secondary N) is 2. The predicted molar refractivity (Wildman–Crippen MR) is 131 cm³/mol. The van der Waals surface area contributed by atoms with Gasteiger partial charge in [-0.2, -0.15) is 0 Å². The zero-order valence-electron chi connectivity index (χ0n) is 18.4. The van der Waals surface area contributed by atoms with E-state index in [0.717, 1.165) is 16.9 Å². The number of amides is 3. The first-order chi connectivity index (χ1) is 16.0. The van der Waals surface area contributed by atoms with Crippen LogP contribution in [-0.4, -0.2) is 43.1 Å².